The molecule has 1 aromatic carbocycles. The fourth-order valence-electron chi connectivity index (χ4n) is 1.87. The summed E-state index contributed by atoms with van der Waals surface area (Å²) in [6.07, 6.45) is 0.769. The van der Waals surface area contributed by atoms with Crippen molar-refractivity contribution >= 4 is 0 Å². The Kier molecular flexibility index (Phi) is 5.23. The van der Waals surface area contributed by atoms with Crippen LogP contribution in [-0.4, -0.2) is 23.3 Å². The summed E-state index contributed by atoms with van der Waals surface area (Å²) in [7, 11) is 0. The van der Waals surface area contributed by atoms with Gasteiger partial charge in [0.1, 0.15) is 11.6 Å². The Morgan fingerprint density at radius 1 is 1.22 bits per heavy atom. The molecule has 0 fully saturated rings. The standard InChI is InChI=1S/C14H21F2NO/c1-10(2)17-5-4-14(3,18)9-11-6-12(15)8-13(16)7-11/h6-8,10,17-18H,4-5,9H2,1-3H3. The molecule has 0 amide bonds. The maximum atomic E-state index is 13.0. The zero-order valence-electron chi connectivity index (χ0n) is 11.1. The third-order valence-electron chi connectivity index (χ3n) is 2.72. The third-order valence-corrected chi connectivity index (χ3v) is 2.72. The van der Waals surface area contributed by atoms with Crippen LogP contribution in [0.15, 0.2) is 18.2 Å². The molecule has 0 bridgehead atoms. The summed E-state index contributed by atoms with van der Waals surface area (Å²) in [4.78, 5) is 0. The smallest absolute Gasteiger partial charge is 0.126 e. The summed E-state index contributed by atoms with van der Waals surface area (Å²) in [6.45, 7) is 6.40. The first-order chi connectivity index (χ1) is 8.28. The van der Waals surface area contributed by atoms with E-state index >= 15 is 0 Å². The highest BCUT2D eigenvalue weighted by Crippen LogP contribution is 2.18. The summed E-state index contributed by atoms with van der Waals surface area (Å²) in [5.74, 6) is -1.22. The molecule has 0 spiro atoms. The van der Waals surface area contributed by atoms with E-state index in [1.165, 1.54) is 12.1 Å². The van der Waals surface area contributed by atoms with E-state index in [-0.39, 0.29) is 6.42 Å². The van der Waals surface area contributed by atoms with Gasteiger partial charge in [-0.15, -0.1) is 0 Å². The largest absolute Gasteiger partial charge is 0.390 e. The van der Waals surface area contributed by atoms with Gasteiger partial charge in [0.25, 0.3) is 0 Å². The number of benzene rings is 1. The quantitative estimate of drug-likeness (QED) is 0.821. The van der Waals surface area contributed by atoms with Crippen LogP contribution < -0.4 is 5.32 Å². The number of hydrogen-bond acceptors (Lipinski definition) is 2. The maximum absolute atomic E-state index is 13.0. The van der Waals surface area contributed by atoms with E-state index in [0.29, 0.717) is 24.6 Å². The Morgan fingerprint density at radius 2 is 1.78 bits per heavy atom. The molecule has 4 heteroatoms. The van der Waals surface area contributed by atoms with Crippen molar-refractivity contribution in [3.63, 3.8) is 0 Å². The highest BCUT2D eigenvalue weighted by atomic mass is 19.1. The van der Waals surface area contributed by atoms with E-state index < -0.39 is 17.2 Å². The van der Waals surface area contributed by atoms with E-state index in [1.807, 2.05) is 13.8 Å². The normalized spacial score (nSPS) is 14.8. The fourth-order valence-corrected chi connectivity index (χ4v) is 1.87. The predicted molar refractivity (Wildman–Crippen MR) is 68.4 cm³/mol. The van der Waals surface area contributed by atoms with E-state index in [4.69, 9.17) is 0 Å². The third kappa shape index (κ3) is 5.56. The van der Waals surface area contributed by atoms with Crippen LogP contribution in [0.4, 0.5) is 8.78 Å². The SMILES string of the molecule is CC(C)NCCC(C)(O)Cc1cc(F)cc(F)c1. The molecule has 0 saturated heterocycles. The minimum absolute atomic E-state index is 0.238. The molecule has 0 aliphatic rings. The molecule has 0 aromatic heterocycles. The minimum Gasteiger partial charge on any atom is -0.390 e. The van der Waals surface area contributed by atoms with Crippen LogP contribution in [0.1, 0.15) is 32.8 Å². The average molecular weight is 257 g/mol. The van der Waals surface area contributed by atoms with Crippen molar-refractivity contribution in [2.75, 3.05) is 6.54 Å². The van der Waals surface area contributed by atoms with E-state index in [9.17, 15) is 13.9 Å². The maximum Gasteiger partial charge on any atom is 0.126 e. The van der Waals surface area contributed by atoms with Crippen molar-refractivity contribution < 1.29 is 13.9 Å². The molecule has 2 nitrogen and oxygen atoms in total. The van der Waals surface area contributed by atoms with Crippen molar-refractivity contribution in [1.29, 1.82) is 0 Å². The molecule has 102 valence electrons. The zero-order valence-corrected chi connectivity index (χ0v) is 11.1. The van der Waals surface area contributed by atoms with Crippen molar-refractivity contribution in [2.24, 2.45) is 0 Å². The van der Waals surface area contributed by atoms with Crippen molar-refractivity contribution in [3.8, 4) is 0 Å². The summed E-state index contributed by atoms with van der Waals surface area (Å²) < 4.78 is 26.1. The van der Waals surface area contributed by atoms with Gasteiger partial charge >= 0.3 is 0 Å². The molecule has 1 atom stereocenters. The van der Waals surface area contributed by atoms with Crippen molar-refractivity contribution in [3.05, 3.63) is 35.4 Å². The summed E-state index contributed by atoms with van der Waals surface area (Å²) in [6, 6.07) is 3.70. The second-order valence-electron chi connectivity index (χ2n) is 5.31. The van der Waals surface area contributed by atoms with Crippen LogP contribution in [0, 0.1) is 11.6 Å². The highest BCUT2D eigenvalue weighted by Gasteiger charge is 2.21. The van der Waals surface area contributed by atoms with Crippen molar-refractivity contribution in [1.82, 2.24) is 5.32 Å². The van der Waals surface area contributed by atoms with Crippen LogP contribution in [-0.2, 0) is 6.42 Å². The topological polar surface area (TPSA) is 32.3 Å². The lowest BCUT2D eigenvalue weighted by Gasteiger charge is -2.24. The average Bonchev–Trinajstić information content (AvgIpc) is 2.12. The van der Waals surface area contributed by atoms with Gasteiger partial charge in [0.05, 0.1) is 5.60 Å². The lowest BCUT2D eigenvalue weighted by atomic mass is 9.93. The summed E-state index contributed by atoms with van der Waals surface area (Å²) >= 11 is 0. The second-order valence-corrected chi connectivity index (χ2v) is 5.31. The van der Waals surface area contributed by atoms with Gasteiger partial charge in [-0.3, -0.25) is 0 Å². The molecule has 0 radical (unpaired) electrons. The van der Waals surface area contributed by atoms with Gasteiger partial charge < -0.3 is 10.4 Å². The van der Waals surface area contributed by atoms with Gasteiger partial charge in [0, 0.05) is 18.5 Å². The molecule has 1 aromatic rings. The highest BCUT2D eigenvalue weighted by molar-refractivity contribution is 5.19. The number of hydrogen-bond donors (Lipinski definition) is 2. The lowest BCUT2D eigenvalue weighted by Crippen LogP contribution is -2.34. The second kappa shape index (κ2) is 6.25. The Hall–Kier alpha value is -1.00. The van der Waals surface area contributed by atoms with E-state index in [2.05, 4.69) is 5.32 Å². The Bertz CT molecular complexity index is 371. The van der Waals surface area contributed by atoms with Crippen LogP contribution in [0.3, 0.4) is 0 Å². The minimum atomic E-state index is -0.970. The number of halogens is 2. The van der Waals surface area contributed by atoms with Gasteiger partial charge in [0.15, 0.2) is 0 Å². The molecular formula is C14H21F2NO. The Balaban J connectivity index is 2.58. The first-order valence-corrected chi connectivity index (χ1v) is 6.19. The first-order valence-electron chi connectivity index (χ1n) is 6.19. The molecular weight excluding hydrogens is 236 g/mol. The van der Waals surface area contributed by atoms with E-state index in [1.54, 1.807) is 6.92 Å². The van der Waals surface area contributed by atoms with Crippen LogP contribution >= 0.6 is 0 Å². The molecule has 0 aliphatic heterocycles. The Morgan fingerprint density at radius 3 is 2.28 bits per heavy atom. The number of rotatable bonds is 6. The van der Waals surface area contributed by atoms with Gasteiger partial charge in [0.2, 0.25) is 0 Å². The molecule has 18 heavy (non-hydrogen) atoms. The molecule has 0 saturated carbocycles. The molecule has 2 N–H and O–H groups in total. The molecule has 1 unspecified atom stereocenters. The number of aliphatic hydroxyl groups is 1. The summed E-state index contributed by atoms with van der Waals surface area (Å²) in [5, 5.41) is 13.4. The van der Waals surface area contributed by atoms with Crippen LogP contribution in [0.25, 0.3) is 0 Å². The molecule has 0 heterocycles. The van der Waals surface area contributed by atoms with Crippen LogP contribution in [0.5, 0.6) is 0 Å². The monoisotopic (exact) mass is 257 g/mol. The number of nitrogens with one attached hydrogen (secondary N) is 1. The molecule has 0 aliphatic carbocycles. The Labute approximate surface area is 107 Å². The first kappa shape index (κ1) is 15.1. The fraction of sp³-hybridized carbons (Fsp3) is 0.571. The van der Waals surface area contributed by atoms with Gasteiger partial charge in [-0.2, -0.15) is 0 Å². The lowest BCUT2D eigenvalue weighted by molar-refractivity contribution is 0.0510. The predicted octanol–water partition coefficient (Wildman–Crippen LogP) is 2.65. The van der Waals surface area contributed by atoms with Crippen LogP contribution in [0.2, 0.25) is 0 Å². The van der Waals surface area contributed by atoms with Gasteiger partial charge in [-0.05, 0) is 37.6 Å². The zero-order chi connectivity index (χ0) is 13.8. The summed E-state index contributed by atoms with van der Waals surface area (Å²) in [5.41, 5.74) is -0.496. The van der Waals surface area contributed by atoms with Crippen molar-refractivity contribution in [2.45, 2.75) is 45.3 Å². The van der Waals surface area contributed by atoms with Gasteiger partial charge in [-0.1, -0.05) is 13.8 Å². The van der Waals surface area contributed by atoms with Gasteiger partial charge in [-0.25, -0.2) is 8.78 Å². The van der Waals surface area contributed by atoms with E-state index in [0.717, 1.165) is 6.07 Å². The molecule has 1 rings (SSSR count).